The fourth-order valence-electron chi connectivity index (χ4n) is 6.85. The van der Waals surface area contributed by atoms with Crippen molar-refractivity contribution in [1.29, 1.82) is 0 Å². The number of hydrogen-bond donors (Lipinski definition) is 1. The third-order valence-corrected chi connectivity index (χ3v) is 10.5. The molecule has 13 heteroatoms. The van der Waals surface area contributed by atoms with Gasteiger partial charge in [0.15, 0.2) is 11.6 Å². The molecule has 0 amide bonds. The van der Waals surface area contributed by atoms with Crippen molar-refractivity contribution in [3.05, 3.63) is 40.2 Å². The van der Waals surface area contributed by atoms with E-state index in [2.05, 4.69) is 38.7 Å². The summed E-state index contributed by atoms with van der Waals surface area (Å²) in [6.07, 6.45) is 2.29. The number of anilines is 1. The van der Waals surface area contributed by atoms with E-state index in [0.717, 1.165) is 50.2 Å². The predicted octanol–water partition coefficient (Wildman–Crippen LogP) is 6.53. The van der Waals surface area contributed by atoms with E-state index in [-0.39, 0.29) is 96.2 Å². The summed E-state index contributed by atoms with van der Waals surface area (Å²) in [4.78, 5) is 17.2. The standard InChI is InChI=1S/C31H31ClF2N6O3S/c1-14(18-6-5-10-40(18)4)42-31-37-25-22-27(41-13-19(43-30(22)38-31)15-9-11-39(3)12-15)23(32)20(24(25)34)16-7-8-17(33)28-21(16)26(36-2)29(35)44-28/h7-8,14-15,18-19H,5-6,9-13,35H2,1,3-4H3/t14-,15?,18-,19?/m0/s1. The highest BCUT2D eigenvalue weighted by atomic mass is 35.5. The number of nitrogens with zero attached hydrogens (tertiary/aromatic N) is 5. The molecule has 0 saturated carbocycles. The molecule has 0 spiro atoms. The maximum atomic E-state index is 16.9. The van der Waals surface area contributed by atoms with Crippen LogP contribution in [0.5, 0.6) is 17.6 Å². The first kappa shape index (κ1) is 29.2. The fourth-order valence-corrected chi connectivity index (χ4v) is 8.12. The first-order valence-corrected chi connectivity index (χ1v) is 15.8. The molecule has 4 aromatic rings. The molecule has 3 aliphatic rings. The third-order valence-electron chi connectivity index (χ3n) is 9.12. The lowest BCUT2D eigenvalue weighted by molar-refractivity contribution is 0.0824. The van der Waals surface area contributed by atoms with E-state index in [1.165, 1.54) is 12.1 Å². The van der Waals surface area contributed by atoms with Crippen molar-refractivity contribution < 1.29 is 23.0 Å². The highest BCUT2D eigenvalue weighted by Gasteiger charge is 2.37. The van der Waals surface area contributed by atoms with Gasteiger partial charge in [0, 0.05) is 29.5 Å². The number of hydrogen-bond acceptors (Lipinski definition) is 9. The summed E-state index contributed by atoms with van der Waals surface area (Å²) in [5, 5.41) is 0.486. The van der Waals surface area contributed by atoms with Crippen molar-refractivity contribution in [1.82, 2.24) is 19.8 Å². The summed E-state index contributed by atoms with van der Waals surface area (Å²) in [7, 11) is 4.10. The molecule has 2 saturated heterocycles. The van der Waals surface area contributed by atoms with E-state index < -0.39 is 11.6 Å². The van der Waals surface area contributed by atoms with Crippen LogP contribution in [0.15, 0.2) is 12.1 Å². The molecule has 3 aliphatic heterocycles. The van der Waals surface area contributed by atoms with Gasteiger partial charge in [-0.15, -0.1) is 11.3 Å². The van der Waals surface area contributed by atoms with Gasteiger partial charge in [0.05, 0.1) is 21.3 Å². The zero-order chi connectivity index (χ0) is 30.9. The lowest BCUT2D eigenvalue weighted by Gasteiger charge is -2.26. The number of ether oxygens (including phenoxy) is 3. The monoisotopic (exact) mass is 640 g/mol. The van der Waals surface area contributed by atoms with Crippen LogP contribution in [0.4, 0.5) is 19.5 Å². The Bertz CT molecular complexity index is 1850. The summed E-state index contributed by atoms with van der Waals surface area (Å²) in [5.41, 5.74) is 6.18. The molecular weight excluding hydrogens is 610 g/mol. The molecule has 7 rings (SSSR count). The maximum absolute atomic E-state index is 16.9. The van der Waals surface area contributed by atoms with E-state index >= 15 is 4.39 Å². The number of benzene rings is 2. The molecule has 0 bridgehead atoms. The van der Waals surface area contributed by atoms with Crippen molar-refractivity contribution in [2.45, 2.75) is 44.4 Å². The van der Waals surface area contributed by atoms with Gasteiger partial charge in [0.25, 0.3) is 0 Å². The van der Waals surface area contributed by atoms with Gasteiger partial charge >= 0.3 is 6.01 Å². The van der Waals surface area contributed by atoms with E-state index in [1.54, 1.807) is 0 Å². The van der Waals surface area contributed by atoms with Gasteiger partial charge in [0.2, 0.25) is 11.6 Å². The topological polar surface area (TPSA) is 90.3 Å². The van der Waals surface area contributed by atoms with Crippen LogP contribution in [0, 0.1) is 24.1 Å². The van der Waals surface area contributed by atoms with E-state index in [0.29, 0.717) is 0 Å². The minimum absolute atomic E-state index is 0.0199. The Balaban J connectivity index is 1.44. The number of rotatable bonds is 5. The Labute approximate surface area is 262 Å². The maximum Gasteiger partial charge on any atom is 0.320 e. The second kappa shape index (κ2) is 11.1. The smallest absolute Gasteiger partial charge is 0.320 e. The summed E-state index contributed by atoms with van der Waals surface area (Å²) in [6, 6.07) is 2.76. The van der Waals surface area contributed by atoms with Crippen molar-refractivity contribution in [3.63, 3.8) is 0 Å². The van der Waals surface area contributed by atoms with Gasteiger partial charge < -0.3 is 24.8 Å². The first-order valence-electron chi connectivity index (χ1n) is 14.6. The molecule has 2 fully saturated rings. The van der Waals surface area contributed by atoms with Gasteiger partial charge in [-0.3, -0.25) is 4.90 Å². The van der Waals surface area contributed by atoms with Gasteiger partial charge in [-0.05, 0) is 65.0 Å². The molecule has 44 heavy (non-hydrogen) atoms. The van der Waals surface area contributed by atoms with Crippen molar-refractivity contribution >= 4 is 54.6 Å². The van der Waals surface area contributed by atoms with Crippen LogP contribution in [-0.2, 0) is 0 Å². The van der Waals surface area contributed by atoms with Gasteiger partial charge in [0.1, 0.15) is 35.5 Å². The molecule has 0 aliphatic carbocycles. The summed E-state index contributed by atoms with van der Waals surface area (Å²) >= 11 is 7.92. The first-order chi connectivity index (χ1) is 21.2. The molecule has 2 aromatic heterocycles. The van der Waals surface area contributed by atoms with Crippen molar-refractivity contribution in [3.8, 4) is 28.8 Å². The number of likely N-dealkylation sites (N-methyl/N-ethyl adjacent to an activating group) is 1. The second-order valence-corrected chi connectivity index (χ2v) is 13.3. The average Bonchev–Trinajstić information content (AvgIpc) is 3.68. The fraction of sp³-hybridized carbons (Fsp3) is 0.452. The number of nitrogen functional groups attached to an aromatic ring is 1. The SMILES string of the molecule is [C-]#[N+]c1c(N)sc2c(F)ccc(-c3c(Cl)c4c5c(nc(O[C@@H](C)[C@@H]6CCCN6C)nc5c3F)OC(C3CCN(C)C3)CO4)c12. The van der Waals surface area contributed by atoms with Crippen molar-refractivity contribution in [2.75, 3.05) is 46.1 Å². The van der Waals surface area contributed by atoms with Crippen LogP contribution >= 0.6 is 22.9 Å². The number of fused-ring (bicyclic) bond motifs is 1. The zero-order valence-corrected chi connectivity index (χ0v) is 26.1. The molecule has 2 unspecified atom stereocenters. The second-order valence-electron chi connectivity index (χ2n) is 11.9. The molecule has 5 heterocycles. The minimum Gasteiger partial charge on any atom is -0.487 e. The van der Waals surface area contributed by atoms with Crippen LogP contribution in [0.25, 0.3) is 37.0 Å². The van der Waals surface area contributed by atoms with Crippen molar-refractivity contribution in [2.24, 2.45) is 5.92 Å². The van der Waals surface area contributed by atoms with Crippen LogP contribution in [-0.4, -0.2) is 78.4 Å². The average molecular weight is 641 g/mol. The largest absolute Gasteiger partial charge is 0.487 e. The van der Waals surface area contributed by atoms with Crippen LogP contribution in [0.1, 0.15) is 26.2 Å². The highest BCUT2D eigenvalue weighted by molar-refractivity contribution is 7.23. The lowest BCUT2D eigenvalue weighted by Crippen LogP contribution is -2.38. The summed E-state index contributed by atoms with van der Waals surface area (Å²) in [5.74, 6) is -0.882. The summed E-state index contributed by atoms with van der Waals surface area (Å²) in [6.45, 7) is 12.5. The zero-order valence-electron chi connectivity index (χ0n) is 24.5. The molecule has 2 aromatic carbocycles. The molecule has 4 atom stereocenters. The molecule has 230 valence electrons. The molecule has 2 N–H and O–H groups in total. The van der Waals surface area contributed by atoms with Gasteiger partial charge in [-0.2, -0.15) is 9.97 Å². The lowest BCUT2D eigenvalue weighted by atomic mass is 9.98. The molecule has 9 nitrogen and oxygen atoms in total. The Morgan fingerprint density at radius 3 is 2.73 bits per heavy atom. The Hall–Kier alpha value is -3.50. The number of nitrogens with two attached hydrogens (primary N) is 1. The quantitative estimate of drug-likeness (QED) is 0.246. The van der Waals surface area contributed by atoms with E-state index in [9.17, 15) is 4.39 Å². The Morgan fingerprint density at radius 1 is 1.20 bits per heavy atom. The Morgan fingerprint density at radius 2 is 2.02 bits per heavy atom. The van der Waals surface area contributed by atoms with Crippen LogP contribution < -0.4 is 19.9 Å². The Kier molecular flexibility index (Phi) is 7.40. The normalized spacial score (nSPS) is 23.0. The van der Waals surface area contributed by atoms with Crippen LogP contribution in [0.3, 0.4) is 0 Å². The minimum atomic E-state index is -0.784. The number of halogens is 3. The van der Waals surface area contributed by atoms with Gasteiger partial charge in [-0.1, -0.05) is 17.7 Å². The van der Waals surface area contributed by atoms with Crippen LogP contribution in [0.2, 0.25) is 5.02 Å². The van der Waals surface area contributed by atoms with E-state index in [4.69, 9.17) is 38.1 Å². The van der Waals surface area contributed by atoms with E-state index in [1.807, 2.05) is 6.92 Å². The number of likely N-dealkylation sites (tertiary alicyclic amines) is 2. The number of thiophene rings is 1. The molecule has 0 radical (unpaired) electrons. The summed E-state index contributed by atoms with van der Waals surface area (Å²) < 4.78 is 51.0. The highest BCUT2D eigenvalue weighted by Crippen LogP contribution is 2.52. The number of aromatic nitrogens is 2. The third kappa shape index (κ3) is 4.68. The predicted molar refractivity (Wildman–Crippen MR) is 167 cm³/mol. The van der Waals surface area contributed by atoms with Gasteiger partial charge in [-0.25, -0.2) is 13.6 Å². The molecular formula is C31H31ClF2N6O3S.